The lowest BCUT2D eigenvalue weighted by Crippen LogP contribution is -2.15. The summed E-state index contributed by atoms with van der Waals surface area (Å²) in [5, 5.41) is 3.03. The molecule has 4 aromatic rings. The Hall–Kier alpha value is -3.60. The molecule has 0 atom stereocenters. The lowest BCUT2D eigenvalue weighted by Gasteiger charge is -2.11. The molecule has 134 valence electrons. The molecule has 0 fully saturated rings. The van der Waals surface area contributed by atoms with Crippen LogP contribution in [0.25, 0.3) is 16.9 Å². The van der Waals surface area contributed by atoms with Gasteiger partial charge in [-0.15, -0.1) is 0 Å². The number of rotatable bonds is 4. The van der Waals surface area contributed by atoms with E-state index in [1.54, 1.807) is 13.2 Å². The second-order valence-electron chi connectivity index (χ2n) is 6.26. The lowest BCUT2D eigenvalue weighted by atomic mass is 10.1. The fourth-order valence-electron chi connectivity index (χ4n) is 3.09. The highest BCUT2D eigenvalue weighted by atomic mass is 16.5. The predicted octanol–water partition coefficient (Wildman–Crippen LogP) is 4.57. The number of carbonyl (C=O) groups is 1. The van der Waals surface area contributed by atoms with E-state index in [0.29, 0.717) is 17.1 Å². The normalized spacial score (nSPS) is 10.7. The Morgan fingerprint density at radius 3 is 2.59 bits per heavy atom. The highest BCUT2D eigenvalue weighted by molar-refractivity contribution is 6.07. The van der Waals surface area contributed by atoms with Crippen molar-refractivity contribution in [1.29, 1.82) is 0 Å². The topological polar surface area (TPSA) is 55.6 Å². The summed E-state index contributed by atoms with van der Waals surface area (Å²) in [5.74, 6) is 0.928. The molecule has 2 aromatic carbocycles. The number of benzene rings is 2. The van der Waals surface area contributed by atoms with Crippen molar-refractivity contribution < 1.29 is 9.53 Å². The molecule has 0 aliphatic rings. The summed E-state index contributed by atoms with van der Waals surface area (Å²) >= 11 is 0. The minimum absolute atomic E-state index is 0.238. The van der Waals surface area contributed by atoms with Gasteiger partial charge in [0.1, 0.15) is 22.9 Å². The fraction of sp³-hybridized carbons (Fsp3) is 0.0909. The van der Waals surface area contributed by atoms with Gasteiger partial charge in [-0.05, 0) is 31.2 Å². The Bertz CT molecular complexity index is 1120. The lowest BCUT2D eigenvalue weighted by molar-refractivity contribution is 0.102. The number of fused-ring (bicyclic) bond motifs is 1. The molecule has 0 spiro atoms. The van der Waals surface area contributed by atoms with Gasteiger partial charge in [0.25, 0.3) is 5.91 Å². The van der Waals surface area contributed by atoms with E-state index in [1.165, 1.54) is 0 Å². The molecular formula is C22H19N3O2. The molecular weight excluding hydrogens is 338 g/mol. The summed E-state index contributed by atoms with van der Waals surface area (Å²) in [4.78, 5) is 17.7. The van der Waals surface area contributed by atoms with E-state index in [4.69, 9.17) is 9.72 Å². The van der Waals surface area contributed by atoms with Crippen LogP contribution >= 0.6 is 0 Å². The second-order valence-corrected chi connectivity index (χ2v) is 6.26. The van der Waals surface area contributed by atoms with Gasteiger partial charge in [0.15, 0.2) is 0 Å². The number of amides is 1. The number of imidazole rings is 1. The molecule has 4 rings (SSSR count). The van der Waals surface area contributed by atoms with Gasteiger partial charge in [-0.25, -0.2) is 4.98 Å². The fourth-order valence-corrected chi connectivity index (χ4v) is 3.09. The SMILES string of the molecule is COc1ccc(C)cc1C(=O)Nc1c(-c2ccccc2)nc2ccccn12. The molecule has 0 aliphatic carbocycles. The van der Waals surface area contributed by atoms with Crippen LogP contribution in [0.15, 0.2) is 72.9 Å². The molecule has 0 unspecified atom stereocenters. The average Bonchev–Trinajstić information content (AvgIpc) is 3.07. The molecule has 5 nitrogen and oxygen atoms in total. The van der Waals surface area contributed by atoms with Crippen LogP contribution in [0.3, 0.4) is 0 Å². The van der Waals surface area contributed by atoms with Crippen molar-refractivity contribution in [2.75, 3.05) is 12.4 Å². The Balaban J connectivity index is 1.82. The summed E-state index contributed by atoms with van der Waals surface area (Å²) in [5.41, 5.74) is 3.90. The first-order valence-corrected chi connectivity index (χ1v) is 8.66. The van der Waals surface area contributed by atoms with Crippen molar-refractivity contribution in [1.82, 2.24) is 9.38 Å². The van der Waals surface area contributed by atoms with Crippen LogP contribution in [-0.4, -0.2) is 22.4 Å². The van der Waals surface area contributed by atoms with Gasteiger partial charge < -0.3 is 10.1 Å². The maximum atomic E-state index is 13.0. The molecule has 2 aromatic heterocycles. The number of carbonyl (C=O) groups excluding carboxylic acids is 1. The Morgan fingerprint density at radius 2 is 1.81 bits per heavy atom. The van der Waals surface area contributed by atoms with Gasteiger partial charge in [0.2, 0.25) is 0 Å². The van der Waals surface area contributed by atoms with Crippen LogP contribution in [0.2, 0.25) is 0 Å². The van der Waals surface area contributed by atoms with Crippen molar-refractivity contribution in [3.63, 3.8) is 0 Å². The first-order valence-electron chi connectivity index (χ1n) is 8.66. The van der Waals surface area contributed by atoms with Crippen molar-refractivity contribution in [3.05, 3.63) is 84.1 Å². The van der Waals surface area contributed by atoms with Gasteiger partial charge in [-0.2, -0.15) is 0 Å². The van der Waals surface area contributed by atoms with Crippen LogP contribution in [0.5, 0.6) is 5.75 Å². The molecule has 5 heteroatoms. The van der Waals surface area contributed by atoms with Crippen LogP contribution in [-0.2, 0) is 0 Å². The van der Waals surface area contributed by atoms with Gasteiger partial charge in [-0.3, -0.25) is 9.20 Å². The van der Waals surface area contributed by atoms with Crippen LogP contribution in [0, 0.1) is 6.92 Å². The van der Waals surface area contributed by atoms with Crippen molar-refractivity contribution >= 4 is 17.4 Å². The number of nitrogens with zero attached hydrogens (tertiary/aromatic N) is 2. The van der Waals surface area contributed by atoms with E-state index in [9.17, 15) is 4.79 Å². The quantitative estimate of drug-likeness (QED) is 0.582. The number of anilines is 1. The second kappa shape index (κ2) is 6.96. The third-order valence-corrected chi connectivity index (χ3v) is 4.41. The summed E-state index contributed by atoms with van der Waals surface area (Å²) in [6.45, 7) is 1.94. The zero-order valence-electron chi connectivity index (χ0n) is 15.1. The summed E-state index contributed by atoms with van der Waals surface area (Å²) in [6.07, 6.45) is 1.89. The van der Waals surface area contributed by atoms with Crippen LogP contribution in [0.1, 0.15) is 15.9 Å². The number of nitrogens with one attached hydrogen (secondary N) is 1. The first-order chi connectivity index (χ1) is 13.2. The molecule has 27 heavy (non-hydrogen) atoms. The average molecular weight is 357 g/mol. The smallest absolute Gasteiger partial charge is 0.260 e. The molecule has 0 radical (unpaired) electrons. The molecule has 0 aliphatic heterocycles. The van der Waals surface area contributed by atoms with Crippen LogP contribution < -0.4 is 10.1 Å². The van der Waals surface area contributed by atoms with Crippen molar-refractivity contribution in [3.8, 4) is 17.0 Å². The summed E-state index contributed by atoms with van der Waals surface area (Å²) in [6, 6.07) is 21.1. The Labute approximate surface area is 157 Å². The van der Waals surface area contributed by atoms with Crippen LogP contribution in [0.4, 0.5) is 5.82 Å². The van der Waals surface area contributed by atoms with Gasteiger partial charge in [-0.1, -0.05) is 48.0 Å². The third kappa shape index (κ3) is 3.15. The predicted molar refractivity (Wildman–Crippen MR) is 106 cm³/mol. The number of methoxy groups -OCH3 is 1. The molecule has 0 bridgehead atoms. The van der Waals surface area contributed by atoms with Gasteiger partial charge >= 0.3 is 0 Å². The van der Waals surface area contributed by atoms with Crippen molar-refractivity contribution in [2.45, 2.75) is 6.92 Å². The van der Waals surface area contributed by atoms with E-state index in [-0.39, 0.29) is 5.91 Å². The molecule has 0 saturated carbocycles. The molecule has 1 amide bonds. The zero-order valence-corrected chi connectivity index (χ0v) is 15.1. The summed E-state index contributed by atoms with van der Waals surface area (Å²) in [7, 11) is 1.56. The number of hydrogen-bond donors (Lipinski definition) is 1. The minimum Gasteiger partial charge on any atom is -0.496 e. The minimum atomic E-state index is -0.238. The zero-order chi connectivity index (χ0) is 18.8. The van der Waals surface area contributed by atoms with Gasteiger partial charge in [0, 0.05) is 11.8 Å². The number of pyridine rings is 1. The van der Waals surface area contributed by atoms with E-state index in [0.717, 1.165) is 22.5 Å². The Morgan fingerprint density at radius 1 is 1.04 bits per heavy atom. The van der Waals surface area contributed by atoms with E-state index < -0.39 is 0 Å². The number of hydrogen-bond acceptors (Lipinski definition) is 3. The Kier molecular flexibility index (Phi) is 4.34. The molecule has 1 N–H and O–H groups in total. The van der Waals surface area contributed by atoms with E-state index in [1.807, 2.05) is 78.2 Å². The van der Waals surface area contributed by atoms with E-state index >= 15 is 0 Å². The highest BCUT2D eigenvalue weighted by Crippen LogP contribution is 2.30. The first kappa shape index (κ1) is 16.8. The number of aryl methyl sites for hydroxylation is 1. The number of ether oxygens (including phenoxy) is 1. The standard InChI is InChI=1S/C22H19N3O2/c1-15-11-12-18(27-2)17(14-15)22(26)24-21-20(16-8-4-3-5-9-16)23-19-10-6-7-13-25(19)21/h3-14H,1-2H3,(H,24,26). The highest BCUT2D eigenvalue weighted by Gasteiger charge is 2.19. The molecule has 2 heterocycles. The van der Waals surface area contributed by atoms with Gasteiger partial charge in [0.05, 0.1) is 12.7 Å². The molecule has 0 saturated heterocycles. The maximum Gasteiger partial charge on any atom is 0.260 e. The third-order valence-electron chi connectivity index (χ3n) is 4.41. The maximum absolute atomic E-state index is 13.0. The monoisotopic (exact) mass is 357 g/mol. The summed E-state index contributed by atoms with van der Waals surface area (Å²) < 4.78 is 7.24. The number of aromatic nitrogens is 2. The van der Waals surface area contributed by atoms with E-state index in [2.05, 4.69) is 5.32 Å². The van der Waals surface area contributed by atoms with Crippen molar-refractivity contribution in [2.24, 2.45) is 0 Å². The largest absolute Gasteiger partial charge is 0.496 e.